The summed E-state index contributed by atoms with van der Waals surface area (Å²) >= 11 is 0. The van der Waals surface area contributed by atoms with Crippen LogP contribution in [-0.4, -0.2) is 30.4 Å². The van der Waals surface area contributed by atoms with Crippen molar-refractivity contribution in [2.24, 2.45) is 0 Å². The van der Waals surface area contributed by atoms with Crippen LogP contribution < -0.4 is 5.32 Å². The molecule has 4 rings (SSSR count). The van der Waals surface area contributed by atoms with Gasteiger partial charge in [-0.2, -0.15) is 4.31 Å². The molecule has 0 radical (unpaired) electrons. The van der Waals surface area contributed by atoms with Gasteiger partial charge < -0.3 is 5.32 Å². The molecule has 0 aliphatic carbocycles. The van der Waals surface area contributed by atoms with Gasteiger partial charge in [0, 0.05) is 12.2 Å². The standard InChI is InChI=1S/C25H26N2O3S/c1-2-31(29,30)27-18-22-14-7-6-12-20(22)17-24(27)25(28)26-23-15-9-8-13-21(23)16-19-10-4-3-5-11-19/h3-15,24H,2,16-18H2,1H3,(H,26,28)/t24-/m0/s1. The minimum absolute atomic E-state index is 0.0382. The van der Waals surface area contributed by atoms with Crippen molar-refractivity contribution < 1.29 is 13.2 Å². The van der Waals surface area contributed by atoms with E-state index in [0.717, 1.165) is 22.3 Å². The number of benzene rings is 3. The molecule has 1 amide bonds. The predicted octanol–water partition coefficient (Wildman–Crippen LogP) is 3.99. The topological polar surface area (TPSA) is 66.5 Å². The van der Waals surface area contributed by atoms with Crippen LogP contribution in [0.5, 0.6) is 0 Å². The molecule has 1 N–H and O–H groups in total. The van der Waals surface area contributed by atoms with Gasteiger partial charge in [-0.3, -0.25) is 4.79 Å². The molecule has 0 bridgehead atoms. The van der Waals surface area contributed by atoms with E-state index in [9.17, 15) is 13.2 Å². The lowest BCUT2D eigenvalue weighted by molar-refractivity contribution is -0.120. The van der Waals surface area contributed by atoms with E-state index in [1.54, 1.807) is 6.92 Å². The van der Waals surface area contributed by atoms with Crippen molar-refractivity contribution in [2.75, 3.05) is 11.1 Å². The van der Waals surface area contributed by atoms with Crippen LogP contribution >= 0.6 is 0 Å². The van der Waals surface area contributed by atoms with E-state index in [2.05, 4.69) is 5.32 Å². The molecule has 1 aliphatic heterocycles. The van der Waals surface area contributed by atoms with Crippen molar-refractivity contribution >= 4 is 21.6 Å². The van der Waals surface area contributed by atoms with E-state index >= 15 is 0 Å². The summed E-state index contributed by atoms with van der Waals surface area (Å²) in [5, 5.41) is 3.01. The molecule has 0 saturated carbocycles. The Balaban J connectivity index is 1.61. The molecule has 1 heterocycles. The number of amides is 1. The average Bonchev–Trinajstić information content (AvgIpc) is 2.80. The van der Waals surface area contributed by atoms with Crippen LogP contribution in [0.1, 0.15) is 29.2 Å². The van der Waals surface area contributed by atoms with Crippen molar-refractivity contribution in [3.8, 4) is 0 Å². The van der Waals surface area contributed by atoms with Crippen molar-refractivity contribution in [3.63, 3.8) is 0 Å². The van der Waals surface area contributed by atoms with E-state index in [0.29, 0.717) is 18.5 Å². The van der Waals surface area contributed by atoms with Crippen LogP contribution in [0.4, 0.5) is 5.69 Å². The zero-order valence-corrected chi connectivity index (χ0v) is 18.3. The Hall–Kier alpha value is -2.96. The number of nitrogens with zero attached hydrogens (tertiary/aromatic N) is 1. The number of hydrogen-bond acceptors (Lipinski definition) is 3. The average molecular weight is 435 g/mol. The first kappa shape index (κ1) is 21.3. The molecule has 31 heavy (non-hydrogen) atoms. The van der Waals surface area contributed by atoms with E-state index in [-0.39, 0.29) is 18.2 Å². The number of sulfonamides is 1. The Morgan fingerprint density at radius 2 is 1.58 bits per heavy atom. The number of para-hydroxylation sites is 1. The molecule has 0 spiro atoms. The first-order valence-electron chi connectivity index (χ1n) is 10.5. The van der Waals surface area contributed by atoms with Crippen molar-refractivity contribution in [3.05, 3.63) is 101 Å². The summed E-state index contributed by atoms with van der Waals surface area (Å²) in [6.45, 7) is 1.83. The zero-order valence-electron chi connectivity index (χ0n) is 17.5. The second-order valence-corrected chi connectivity index (χ2v) is 9.95. The zero-order chi connectivity index (χ0) is 21.8. The smallest absolute Gasteiger partial charge is 0.243 e. The fourth-order valence-corrected chi connectivity index (χ4v) is 5.23. The van der Waals surface area contributed by atoms with Gasteiger partial charge >= 0.3 is 0 Å². The summed E-state index contributed by atoms with van der Waals surface area (Å²) < 4.78 is 26.9. The van der Waals surface area contributed by atoms with Crippen LogP contribution in [0, 0.1) is 0 Å². The van der Waals surface area contributed by atoms with Crippen LogP contribution in [0.3, 0.4) is 0 Å². The Kier molecular flexibility index (Phi) is 6.20. The number of carbonyl (C=O) groups is 1. The third-order valence-corrected chi connectivity index (χ3v) is 7.57. The molecule has 3 aromatic rings. The van der Waals surface area contributed by atoms with Gasteiger partial charge in [-0.25, -0.2) is 8.42 Å². The number of anilines is 1. The lowest BCUT2D eigenvalue weighted by Gasteiger charge is -2.35. The van der Waals surface area contributed by atoms with E-state index in [1.165, 1.54) is 4.31 Å². The predicted molar refractivity (Wildman–Crippen MR) is 123 cm³/mol. The highest BCUT2D eigenvalue weighted by Crippen LogP contribution is 2.28. The molecule has 0 aromatic heterocycles. The van der Waals surface area contributed by atoms with Gasteiger partial charge in [-0.15, -0.1) is 0 Å². The van der Waals surface area contributed by atoms with E-state index in [4.69, 9.17) is 0 Å². The molecule has 0 fully saturated rings. The second kappa shape index (κ2) is 9.04. The summed E-state index contributed by atoms with van der Waals surface area (Å²) in [6.07, 6.45) is 1.05. The SMILES string of the molecule is CCS(=O)(=O)N1Cc2ccccc2C[C@H]1C(=O)Nc1ccccc1Cc1ccccc1. The summed E-state index contributed by atoms with van der Waals surface area (Å²) in [7, 11) is -3.54. The van der Waals surface area contributed by atoms with Gasteiger partial charge in [-0.05, 0) is 48.1 Å². The fourth-order valence-electron chi connectivity index (χ4n) is 4.01. The summed E-state index contributed by atoms with van der Waals surface area (Å²) in [5.41, 5.74) is 4.81. The van der Waals surface area contributed by atoms with E-state index in [1.807, 2.05) is 78.9 Å². The van der Waals surface area contributed by atoms with Gasteiger partial charge in [0.15, 0.2) is 0 Å². The first-order chi connectivity index (χ1) is 15.0. The van der Waals surface area contributed by atoms with Gasteiger partial charge in [0.2, 0.25) is 15.9 Å². The summed E-state index contributed by atoms with van der Waals surface area (Å²) in [4.78, 5) is 13.3. The second-order valence-electron chi connectivity index (χ2n) is 7.74. The number of carbonyl (C=O) groups excluding carboxylic acids is 1. The third-order valence-electron chi connectivity index (χ3n) is 5.74. The molecule has 1 aliphatic rings. The Morgan fingerprint density at radius 1 is 0.935 bits per heavy atom. The highest BCUT2D eigenvalue weighted by atomic mass is 32.2. The van der Waals surface area contributed by atoms with Crippen molar-refractivity contribution in [2.45, 2.75) is 32.4 Å². The number of fused-ring (bicyclic) bond motifs is 1. The maximum atomic E-state index is 13.3. The molecular weight excluding hydrogens is 408 g/mol. The molecular formula is C25H26N2O3S. The largest absolute Gasteiger partial charge is 0.324 e. The van der Waals surface area contributed by atoms with Crippen LogP contribution in [0.2, 0.25) is 0 Å². The normalized spacial score (nSPS) is 16.5. The minimum atomic E-state index is -3.54. The van der Waals surface area contributed by atoms with Crippen LogP contribution in [0.25, 0.3) is 0 Å². The van der Waals surface area contributed by atoms with Gasteiger partial charge in [-0.1, -0.05) is 72.8 Å². The molecule has 160 valence electrons. The summed E-state index contributed by atoms with van der Waals surface area (Å²) in [6, 6.07) is 24.7. The van der Waals surface area contributed by atoms with Gasteiger partial charge in [0.25, 0.3) is 0 Å². The highest BCUT2D eigenvalue weighted by Gasteiger charge is 2.38. The van der Waals surface area contributed by atoms with Gasteiger partial charge in [0.1, 0.15) is 6.04 Å². The Labute approximate surface area is 183 Å². The summed E-state index contributed by atoms with van der Waals surface area (Å²) in [5.74, 6) is -0.337. The Morgan fingerprint density at radius 3 is 2.32 bits per heavy atom. The number of rotatable bonds is 6. The lowest BCUT2D eigenvalue weighted by atomic mass is 9.95. The van der Waals surface area contributed by atoms with Crippen LogP contribution in [0.15, 0.2) is 78.9 Å². The maximum absolute atomic E-state index is 13.3. The molecule has 1 atom stereocenters. The van der Waals surface area contributed by atoms with Crippen molar-refractivity contribution in [1.82, 2.24) is 4.31 Å². The quantitative estimate of drug-likeness (QED) is 0.638. The fraction of sp³-hybridized carbons (Fsp3) is 0.240. The number of hydrogen-bond donors (Lipinski definition) is 1. The molecule has 5 nitrogen and oxygen atoms in total. The van der Waals surface area contributed by atoms with E-state index < -0.39 is 16.1 Å². The molecule has 0 saturated heterocycles. The lowest BCUT2D eigenvalue weighted by Crippen LogP contribution is -2.51. The molecule has 0 unspecified atom stereocenters. The molecule has 6 heteroatoms. The minimum Gasteiger partial charge on any atom is -0.324 e. The maximum Gasteiger partial charge on any atom is 0.243 e. The van der Waals surface area contributed by atoms with Gasteiger partial charge in [0.05, 0.1) is 5.75 Å². The highest BCUT2D eigenvalue weighted by molar-refractivity contribution is 7.89. The van der Waals surface area contributed by atoms with Crippen molar-refractivity contribution in [1.29, 1.82) is 0 Å². The number of nitrogens with one attached hydrogen (secondary N) is 1. The first-order valence-corrected chi connectivity index (χ1v) is 12.1. The monoisotopic (exact) mass is 434 g/mol. The molecule has 3 aromatic carbocycles. The third kappa shape index (κ3) is 4.70. The van der Waals surface area contributed by atoms with Crippen LogP contribution in [-0.2, 0) is 34.2 Å². The Bertz CT molecular complexity index is 1180.